The molecule has 7 nitrogen and oxygen atoms in total. The lowest BCUT2D eigenvalue weighted by Crippen LogP contribution is -2.49. The summed E-state index contributed by atoms with van der Waals surface area (Å²) >= 11 is 0. The van der Waals surface area contributed by atoms with Crippen LogP contribution in [0.15, 0.2) is 0 Å². The lowest BCUT2D eigenvalue weighted by atomic mass is 10.2. The maximum Gasteiger partial charge on any atom is 0.326 e. The highest BCUT2D eigenvalue weighted by molar-refractivity contribution is 5.83. The van der Waals surface area contributed by atoms with Gasteiger partial charge in [0.2, 0.25) is 0 Å². The molecule has 104 valence electrons. The van der Waals surface area contributed by atoms with Crippen molar-refractivity contribution in [3.63, 3.8) is 0 Å². The van der Waals surface area contributed by atoms with E-state index in [1.54, 1.807) is 0 Å². The fraction of sp³-hybridized carbons (Fsp3) is 0.818. The van der Waals surface area contributed by atoms with Crippen LogP contribution in [0.3, 0.4) is 0 Å². The highest BCUT2D eigenvalue weighted by Crippen LogP contribution is 2.19. The molecule has 18 heavy (non-hydrogen) atoms. The number of likely N-dealkylation sites (tertiary alicyclic amines) is 1. The standard InChI is InChI=1S/C11H20N2O5/c1-3-12(4-5-18-2)11(17)13-7-8(14)6-9(13)10(15)16/h8-9,14H,3-7H2,1-2H3,(H,15,16). The number of nitrogens with zero attached hydrogens (tertiary/aromatic N) is 2. The molecule has 0 radical (unpaired) electrons. The molecule has 1 aliphatic heterocycles. The first-order valence-electron chi connectivity index (χ1n) is 5.96. The SMILES string of the molecule is CCN(CCOC)C(=O)N1CC(O)CC1C(=O)O. The quantitative estimate of drug-likeness (QED) is 0.701. The van der Waals surface area contributed by atoms with Gasteiger partial charge < -0.3 is 24.7 Å². The van der Waals surface area contributed by atoms with Gasteiger partial charge in [-0.05, 0) is 6.92 Å². The van der Waals surface area contributed by atoms with Crippen LogP contribution in [0.2, 0.25) is 0 Å². The number of aliphatic carboxylic acids is 1. The molecular weight excluding hydrogens is 240 g/mol. The molecule has 1 aliphatic rings. The monoisotopic (exact) mass is 260 g/mol. The van der Waals surface area contributed by atoms with Gasteiger partial charge in [0.25, 0.3) is 0 Å². The Morgan fingerprint density at radius 2 is 2.17 bits per heavy atom. The van der Waals surface area contributed by atoms with Crippen molar-refractivity contribution in [3.8, 4) is 0 Å². The summed E-state index contributed by atoms with van der Waals surface area (Å²) in [5.41, 5.74) is 0. The minimum absolute atomic E-state index is 0.0687. The average Bonchev–Trinajstić information content (AvgIpc) is 2.72. The maximum atomic E-state index is 12.2. The Kier molecular flexibility index (Phi) is 5.36. The molecule has 0 aromatic heterocycles. The number of urea groups is 1. The molecule has 0 bridgehead atoms. The second-order valence-electron chi connectivity index (χ2n) is 4.25. The predicted octanol–water partition coefficient (Wildman–Crippen LogP) is -0.405. The van der Waals surface area contributed by atoms with Crippen LogP contribution in [-0.4, -0.2) is 77.5 Å². The van der Waals surface area contributed by atoms with Crippen molar-refractivity contribution in [2.75, 3.05) is 33.4 Å². The second-order valence-corrected chi connectivity index (χ2v) is 4.25. The van der Waals surface area contributed by atoms with Crippen LogP contribution < -0.4 is 0 Å². The summed E-state index contributed by atoms with van der Waals surface area (Å²) in [6.45, 7) is 3.16. The summed E-state index contributed by atoms with van der Waals surface area (Å²) in [7, 11) is 1.54. The van der Waals surface area contributed by atoms with Gasteiger partial charge in [0.05, 0.1) is 12.7 Å². The Balaban J connectivity index is 2.70. The predicted molar refractivity (Wildman–Crippen MR) is 63.3 cm³/mol. The molecule has 2 amide bonds. The van der Waals surface area contributed by atoms with E-state index in [0.29, 0.717) is 19.7 Å². The Labute approximate surface area is 106 Å². The third-order valence-electron chi connectivity index (χ3n) is 3.03. The number of methoxy groups -OCH3 is 1. The van der Waals surface area contributed by atoms with Crippen molar-refractivity contribution >= 4 is 12.0 Å². The zero-order chi connectivity index (χ0) is 13.7. The van der Waals surface area contributed by atoms with Crippen LogP contribution in [0.1, 0.15) is 13.3 Å². The Morgan fingerprint density at radius 1 is 1.50 bits per heavy atom. The van der Waals surface area contributed by atoms with Crippen molar-refractivity contribution in [2.24, 2.45) is 0 Å². The van der Waals surface area contributed by atoms with E-state index in [9.17, 15) is 14.7 Å². The van der Waals surface area contributed by atoms with E-state index in [1.807, 2.05) is 6.92 Å². The van der Waals surface area contributed by atoms with E-state index in [1.165, 1.54) is 16.9 Å². The molecule has 2 N–H and O–H groups in total. The molecule has 1 heterocycles. The van der Waals surface area contributed by atoms with Crippen LogP contribution >= 0.6 is 0 Å². The lowest BCUT2D eigenvalue weighted by Gasteiger charge is -2.29. The Hall–Kier alpha value is -1.34. The van der Waals surface area contributed by atoms with Gasteiger partial charge in [0.1, 0.15) is 6.04 Å². The number of likely N-dealkylation sites (N-methyl/N-ethyl adjacent to an activating group) is 1. The first-order valence-corrected chi connectivity index (χ1v) is 5.96. The molecule has 1 fully saturated rings. The summed E-state index contributed by atoms with van der Waals surface area (Å²) in [5, 5.41) is 18.5. The summed E-state index contributed by atoms with van der Waals surface area (Å²) in [4.78, 5) is 25.9. The number of hydrogen-bond acceptors (Lipinski definition) is 4. The number of β-amino-alcohol motifs (C(OH)–C–C–N with tert-alkyl or cyclic N) is 1. The Morgan fingerprint density at radius 3 is 2.67 bits per heavy atom. The van der Waals surface area contributed by atoms with E-state index in [0.717, 1.165) is 0 Å². The average molecular weight is 260 g/mol. The molecule has 0 saturated carbocycles. The van der Waals surface area contributed by atoms with Crippen molar-refractivity contribution in [3.05, 3.63) is 0 Å². The van der Waals surface area contributed by atoms with Crippen LogP contribution in [-0.2, 0) is 9.53 Å². The van der Waals surface area contributed by atoms with Gasteiger partial charge in [-0.1, -0.05) is 0 Å². The van der Waals surface area contributed by atoms with E-state index >= 15 is 0 Å². The molecule has 2 unspecified atom stereocenters. The molecule has 0 aromatic carbocycles. The zero-order valence-electron chi connectivity index (χ0n) is 10.7. The number of amides is 2. The second kappa shape index (κ2) is 6.55. The fourth-order valence-corrected chi connectivity index (χ4v) is 2.03. The smallest absolute Gasteiger partial charge is 0.326 e. The molecule has 1 rings (SSSR count). The van der Waals surface area contributed by atoms with Gasteiger partial charge in [-0.25, -0.2) is 9.59 Å². The number of ether oxygens (including phenoxy) is 1. The molecule has 2 atom stereocenters. The summed E-state index contributed by atoms with van der Waals surface area (Å²) in [6, 6.07) is -1.30. The molecule has 1 saturated heterocycles. The number of aliphatic hydroxyl groups excluding tert-OH is 1. The lowest BCUT2D eigenvalue weighted by molar-refractivity contribution is -0.141. The summed E-state index contributed by atoms with van der Waals surface area (Å²) in [5.74, 6) is -1.08. The number of carbonyl (C=O) groups is 2. The number of hydrogen-bond donors (Lipinski definition) is 2. The molecule has 7 heteroatoms. The van der Waals surface area contributed by atoms with E-state index in [-0.39, 0.29) is 19.0 Å². The summed E-state index contributed by atoms with van der Waals surface area (Å²) < 4.78 is 4.90. The van der Waals surface area contributed by atoms with Gasteiger partial charge >= 0.3 is 12.0 Å². The number of carbonyl (C=O) groups excluding carboxylic acids is 1. The normalized spacial score (nSPS) is 23.2. The molecule has 0 aliphatic carbocycles. The van der Waals surface area contributed by atoms with Gasteiger partial charge in [-0.2, -0.15) is 0 Å². The van der Waals surface area contributed by atoms with Gasteiger partial charge in [0, 0.05) is 33.2 Å². The van der Waals surface area contributed by atoms with Crippen molar-refractivity contribution < 1.29 is 24.5 Å². The number of carboxylic acid groups (broad SMARTS) is 1. The third kappa shape index (κ3) is 3.33. The van der Waals surface area contributed by atoms with E-state index in [4.69, 9.17) is 9.84 Å². The molecule has 0 spiro atoms. The van der Waals surface area contributed by atoms with Crippen molar-refractivity contribution in [2.45, 2.75) is 25.5 Å². The van der Waals surface area contributed by atoms with Crippen molar-refractivity contribution in [1.82, 2.24) is 9.80 Å². The molecular formula is C11H20N2O5. The highest BCUT2D eigenvalue weighted by atomic mass is 16.5. The van der Waals surface area contributed by atoms with Crippen LogP contribution in [0.5, 0.6) is 0 Å². The van der Waals surface area contributed by atoms with Crippen molar-refractivity contribution in [1.29, 1.82) is 0 Å². The zero-order valence-corrected chi connectivity index (χ0v) is 10.7. The molecule has 0 aromatic rings. The van der Waals surface area contributed by atoms with E-state index < -0.39 is 18.1 Å². The van der Waals surface area contributed by atoms with Crippen LogP contribution in [0, 0.1) is 0 Å². The number of aliphatic hydroxyl groups is 1. The largest absolute Gasteiger partial charge is 0.480 e. The highest BCUT2D eigenvalue weighted by Gasteiger charge is 2.40. The van der Waals surface area contributed by atoms with Crippen LogP contribution in [0.25, 0.3) is 0 Å². The number of carboxylic acids is 1. The third-order valence-corrected chi connectivity index (χ3v) is 3.03. The van der Waals surface area contributed by atoms with Gasteiger partial charge in [0.15, 0.2) is 0 Å². The summed E-state index contributed by atoms with van der Waals surface area (Å²) in [6.07, 6.45) is -0.681. The van der Waals surface area contributed by atoms with Gasteiger partial charge in [-0.15, -0.1) is 0 Å². The fourth-order valence-electron chi connectivity index (χ4n) is 2.03. The minimum Gasteiger partial charge on any atom is -0.480 e. The van der Waals surface area contributed by atoms with E-state index in [2.05, 4.69) is 0 Å². The Bertz CT molecular complexity index is 310. The first kappa shape index (κ1) is 14.7. The van der Waals surface area contributed by atoms with Crippen LogP contribution in [0.4, 0.5) is 4.79 Å². The van der Waals surface area contributed by atoms with Gasteiger partial charge in [-0.3, -0.25) is 0 Å². The topological polar surface area (TPSA) is 90.3 Å². The maximum absolute atomic E-state index is 12.2. The first-order chi connectivity index (χ1) is 8.51. The minimum atomic E-state index is -1.08. The number of rotatable bonds is 5.